The number of carbonyl (C=O) groups is 2. The van der Waals surface area contributed by atoms with Gasteiger partial charge in [-0.25, -0.2) is 14.6 Å². The van der Waals surface area contributed by atoms with Gasteiger partial charge in [0.05, 0.1) is 36.6 Å². The maximum absolute atomic E-state index is 12.1. The molecule has 0 radical (unpaired) electrons. The minimum Gasteiger partial charge on any atom is -0.462 e. The Bertz CT molecular complexity index is 1040. The zero-order valence-corrected chi connectivity index (χ0v) is 16.2. The van der Waals surface area contributed by atoms with Crippen molar-refractivity contribution in [3.8, 4) is 0 Å². The molecule has 0 aliphatic heterocycles. The average Bonchev–Trinajstić information content (AvgIpc) is 3.16. The van der Waals surface area contributed by atoms with E-state index in [0.717, 1.165) is 0 Å². The van der Waals surface area contributed by atoms with Gasteiger partial charge in [-0.1, -0.05) is 0 Å². The van der Waals surface area contributed by atoms with Gasteiger partial charge in [0.1, 0.15) is 0 Å². The van der Waals surface area contributed by atoms with Gasteiger partial charge < -0.3 is 14.8 Å². The number of ether oxygens (including phenoxy) is 2. The molecule has 28 heavy (non-hydrogen) atoms. The SMILES string of the molecule is CCOC(=O)c1cc(NCc2cc(=O)n3ccsc3n2)cc(C(=O)OCC)c1. The van der Waals surface area contributed by atoms with Gasteiger partial charge in [0.25, 0.3) is 5.56 Å². The number of hydrogen-bond acceptors (Lipinski definition) is 8. The number of benzene rings is 1. The highest BCUT2D eigenvalue weighted by Gasteiger charge is 2.15. The second-order valence-electron chi connectivity index (χ2n) is 5.73. The van der Waals surface area contributed by atoms with Crippen molar-refractivity contribution in [2.45, 2.75) is 20.4 Å². The number of rotatable bonds is 7. The summed E-state index contributed by atoms with van der Waals surface area (Å²) >= 11 is 1.36. The number of nitrogens with one attached hydrogen (secondary N) is 1. The fraction of sp³-hybridized carbons (Fsp3) is 0.263. The number of thiazole rings is 1. The highest BCUT2D eigenvalue weighted by molar-refractivity contribution is 7.15. The Morgan fingerprint density at radius 2 is 1.71 bits per heavy atom. The van der Waals surface area contributed by atoms with Crippen LogP contribution in [0.5, 0.6) is 0 Å². The van der Waals surface area contributed by atoms with Gasteiger partial charge in [-0.05, 0) is 32.0 Å². The first-order valence-corrected chi connectivity index (χ1v) is 9.58. The van der Waals surface area contributed by atoms with E-state index in [4.69, 9.17) is 9.47 Å². The fourth-order valence-electron chi connectivity index (χ4n) is 2.57. The van der Waals surface area contributed by atoms with Crippen LogP contribution in [-0.4, -0.2) is 34.5 Å². The Morgan fingerprint density at radius 1 is 1.07 bits per heavy atom. The predicted molar refractivity (Wildman–Crippen MR) is 105 cm³/mol. The molecule has 3 aromatic rings. The van der Waals surface area contributed by atoms with Crippen LogP contribution in [0.1, 0.15) is 40.3 Å². The second-order valence-corrected chi connectivity index (χ2v) is 6.61. The van der Waals surface area contributed by atoms with Gasteiger partial charge in [0, 0.05) is 23.3 Å². The lowest BCUT2D eigenvalue weighted by molar-refractivity contribution is 0.0525. The number of hydrogen-bond donors (Lipinski definition) is 1. The van der Waals surface area contributed by atoms with Crippen LogP contribution >= 0.6 is 11.3 Å². The molecule has 0 amide bonds. The lowest BCUT2D eigenvalue weighted by atomic mass is 10.1. The third kappa shape index (κ3) is 4.37. The van der Waals surface area contributed by atoms with E-state index in [-0.39, 0.29) is 36.4 Å². The molecular weight excluding hydrogens is 382 g/mol. The summed E-state index contributed by atoms with van der Waals surface area (Å²) in [6, 6.07) is 6.03. The molecular formula is C19H19N3O5S. The van der Waals surface area contributed by atoms with Gasteiger partial charge in [0.15, 0.2) is 4.96 Å². The van der Waals surface area contributed by atoms with Crippen molar-refractivity contribution >= 4 is 33.9 Å². The first kappa shape index (κ1) is 19.6. The van der Waals surface area contributed by atoms with Crippen LogP contribution in [0.2, 0.25) is 0 Å². The van der Waals surface area contributed by atoms with Crippen LogP contribution < -0.4 is 10.9 Å². The highest BCUT2D eigenvalue weighted by atomic mass is 32.1. The summed E-state index contributed by atoms with van der Waals surface area (Å²) in [7, 11) is 0. The van der Waals surface area contributed by atoms with Gasteiger partial charge in [-0.2, -0.15) is 0 Å². The third-order valence-corrected chi connectivity index (χ3v) is 4.54. The number of fused-ring (bicyclic) bond motifs is 1. The lowest BCUT2D eigenvalue weighted by Crippen LogP contribution is -2.15. The molecule has 1 aromatic carbocycles. The summed E-state index contributed by atoms with van der Waals surface area (Å²) in [6.45, 7) is 4.10. The molecule has 1 N–H and O–H groups in total. The summed E-state index contributed by atoms with van der Waals surface area (Å²) < 4.78 is 11.5. The van der Waals surface area contributed by atoms with Crippen LogP contribution in [-0.2, 0) is 16.0 Å². The van der Waals surface area contributed by atoms with Crippen molar-refractivity contribution in [2.75, 3.05) is 18.5 Å². The molecule has 0 saturated heterocycles. The first-order chi connectivity index (χ1) is 13.5. The Hall–Kier alpha value is -3.20. The molecule has 3 rings (SSSR count). The lowest BCUT2D eigenvalue weighted by Gasteiger charge is -2.11. The number of aromatic nitrogens is 2. The number of anilines is 1. The first-order valence-electron chi connectivity index (χ1n) is 8.70. The topological polar surface area (TPSA) is 99.0 Å². The maximum Gasteiger partial charge on any atom is 0.338 e. The van der Waals surface area contributed by atoms with E-state index >= 15 is 0 Å². The Balaban J connectivity index is 1.87. The van der Waals surface area contributed by atoms with Crippen LogP contribution in [0.3, 0.4) is 0 Å². The standard InChI is InChI=1S/C19H19N3O5S/c1-3-26-17(24)12-7-13(18(25)27-4-2)9-14(8-12)20-11-15-10-16(23)22-5-6-28-19(22)21-15/h5-10,20H,3-4,11H2,1-2H3. The van der Waals surface area contributed by atoms with Crippen LogP contribution in [0, 0.1) is 0 Å². The van der Waals surface area contributed by atoms with Crippen molar-refractivity contribution in [2.24, 2.45) is 0 Å². The number of esters is 2. The molecule has 0 spiro atoms. The van der Waals surface area contributed by atoms with Crippen molar-refractivity contribution in [1.29, 1.82) is 0 Å². The normalized spacial score (nSPS) is 10.6. The fourth-order valence-corrected chi connectivity index (χ4v) is 3.30. The van der Waals surface area contributed by atoms with E-state index in [2.05, 4.69) is 10.3 Å². The second kappa shape index (κ2) is 8.66. The molecule has 0 saturated carbocycles. The predicted octanol–water partition coefficient (Wildman–Crippen LogP) is 2.72. The summed E-state index contributed by atoms with van der Waals surface area (Å²) in [5.41, 5.74) is 1.36. The molecule has 2 aromatic heterocycles. The van der Waals surface area contributed by atoms with Crippen LogP contribution in [0.25, 0.3) is 4.96 Å². The molecule has 9 heteroatoms. The summed E-state index contributed by atoms with van der Waals surface area (Å²) in [5, 5.41) is 4.89. The molecule has 0 fully saturated rings. The molecule has 0 unspecified atom stereocenters. The van der Waals surface area contributed by atoms with Gasteiger partial charge in [0.2, 0.25) is 0 Å². The molecule has 0 atom stereocenters. The molecule has 146 valence electrons. The van der Waals surface area contributed by atoms with E-state index in [1.807, 2.05) is 0 Å². The van der Waals surface area contributed by atoms with E-state index in [9.17, 15) is 14.4 Å². The van der Waals surface area contributed by atoms with E-state index in [0.29, 0.717) is 16.3 Å². The van der Waals surface area contributed by atoms with Crippen molar-refractivity contribution in [3.63, 3.8) is 0 Å². The Kier molecular flexibility index (Phi) is 6.05. The molecule has 0 aliphatic carbocycles. The van der Waals surface area contributed by atoms with Gasteiger partial charge >= 0.3 is 11.9 Å². The van der Waals surface area contributed by atoms with Crippen LogP contribution in [0.15, 0.2) is 40.6 Å². The zero-order chi connectivity index (χ0) is 20.1. The maximum atomic E-state index is 12.1. The molecule has 8 nitrogen and oxygen atoms in total. The third-order valence-electron chi connectivity index (χ3n) is 3.79. The Morgan fingerprint density at radius 3 is 2.32 bits per heavy atom. The summed E-state index contributed by atoms with van der Waals surface area (Å²) in [4.78, 5) is 41.3. The highest BCUT2D eigenvalue weighted by Crippen LogP contribution is 2.18. The van der Waals surface area contributed by atoms with E-state index in [1.54, 1.807) is 37.6 Å². The summed E-state index contributed by atoms with van der Waals surface area (Å²) in [6.07, 6.45) is 1.67. The van der Waals surface area contributed by atoms with Gasteiger partial charge in [-0.15, -0.1) is 11.3 Å². The quantitative estimate of drug-likeness (QED) is 0.608. The molecule has 2 heterocycles. The smallest absolute Gasteiger partial charge is 0.338 e. The van der Waals surface area contributed by atoms with Crippen molar-refractivity contribution in [3.05, 3.63) is 63.0 Å². The number of nitrogens with zero attached hydrogens (tertiary/aromatic N) is 2. The Labute approximate surface area is 164 Å². The average molecular weight is 401 g/mol. The monoisotopic (exact) mass is 401 g/mol. The van der Waals surface area contributed by atoms with Crippen molar-refractivity contribution < 1.29 is 19.1 Å². The number of carbonyl (C=O) groups excluding carboxylic acids is 2. The molecule has 0 bridgehead atoms. The van der Waals surface area contributed by atoms with Crippen molar-refractivity contribution in [1.82, 2.24) is 9.38 Å². The van der Waals surface area contributed by atoms with Crippen LogP contribution in [0.4, 0.5) is 5.69 Å². The summed E-state index contributed by atoms with van der Waals surface area (Å²) in [5.74, 6) is -1.07. The van der Waals surface area contributed by atoms with E-state index < -0.39 is 11.9 Å². The largest absolute Gasteiger partial charge is 0.462 e. The van der Waals surface area contributed by atoms with E-state index in [1.165, 1.54) is 27.9 Å². The minimum absolute atomic E-state index is 0.171. The zero-order valence-electron chi connectivity index (χ0n) is 15.4. The van der Waals surface area contributed by atoms with Gasteiger partial charge in [-0.3, -0.25) is 9.20 Å². The molecule has 0 aliphatic rings. The minimum atomic E-state index is -0.534.